The van der Waals surface area contributed by atoms with Crippen LogP contribution in [0, 0.1) is 0 Å². The van der Waals surface area contributed by atoms with Crippen molar-refractivity contribution in [3.63, 3.8) is 0 Å². The van der Waals surface area contributed by atoms with Crippen molar-refractivity contribution in [2.45, 2.75) is 51.2 Å². The molecule has 1 aromatic carbocycles. The van der Waals surface area contributed by atoms with Crippen molar-refractivity contribution in [3.8, 4) is 0 Å². The van der Waals surface area contributed by atoms with Crippen LogP contribution in [0.3, 0.4) is 0 Å². The molecule has 0 atom stereocenters. The molecule has 0 radical (unpaired) electrons. The molecule has 0 bridgehead atoms. The molecule has 25 heavy (non-hydrogen) atoms. The average molecular weight is 346 g/mol. The van der Waals surface area contributed by atoms with Crippen molar-refractivity contribution >= 4 is 11.9 Å². The molecule has 0 aromatic heterocycles. The summed E-state index contributed by atoms with van der Waals surface area (Å²) in [7, 11) is 4.06. The summed E-state index contributed by atoms with van der Waals surface area (Å²) in [5, 5.41) is 8.58. The molecule has 0 spiro atoms. The number of nitrogens with zero attached hydrogens (tertiary/aromatic N) is 1. The van der Waals surface area contributed by atoms with Gasteiger partial charge in [0, 0.05) is 32.1 Å². The van der Waals surface area contributed by atoms with Gasteiger partial charge >= 0.3 is 6.03 Å². The molecule has 1 fully saturated rings. The Morgan fingerprint density at radius 1 is 1.12 bits per heavy atom. The summed E-state index contributed by atoms with van der Waals surface area (Å²) in [6.45, 7) is 1.70. The molecule has 3 amide bonds. The fourth-order valence-electron chi connectivity index (χ4n) is 3.11. The number of hydrogen-bond acceptors (Lipinski definition) is 3. The Labute approximate surface area is 150 Å². The highest BCUT2D eigenvalue weighted by atomic mass is 16.2. The standard InChI is InChI=1S/C19H30N4O2/c1-23(2)14-16-7-5-6-15(12-16)13-21-19(25)20-11-10-18(24)22-17-8-3-4-9-17/h5-7,12,17H,3-4,8-11,13-14H2,1-2H3,(H,22,24)(H2,20,21,25). The minimum atomic E-state index is -0.244. The maximum atomic E-state index is 11.8. The van der Waals surface area contributed by atoms with Crippen LogP contribution < -0.4 is 16.0 Å². The van der Waals surface area contributed by atoms with Gasteiger partial charge < -0.3 is 20.9 Å². The predicted octanol–water partition coefficient (Wildman–Crippen LogP) is 2.00. The summed E-state index contributed by atoms with van der Waals surface area (Å²) < 4.78 is 0. The van der Waals surface area contributed by atoms with E-state index in [-0.39, 0.29) is 11.9 Å². The Bertz CT molecular complexity index is 568. The van der Waals surface area contributed by atoms with Gasteiger partial charge in [-0.05, 0) is 38.1 Å². The molecule has 2 rings (SSSR count). The lowest BCUT2D eigenvalue weighted by molar-refractivity contribution is -0.121. The molecule has 3 N–H and O–H groups in total. The van der Waals surface area contributed by atoms with E-state index in [0.29, 0.717) is 25.6 Å². The third kappa shape index (κ3) is 7.56. The van der Waals surface area contributed by atoms with Gasteiger partial charge in [0.15, 0.2) is 0 Å². The first-order valence-electron chi connectivity index (χ1n) is 9.06. The number of carbonyl (C=O) groups excluding carboxylic acids is 2. The van der Waals surface area contributed by atoms with Crippen molar-refractivity contribution in [1.29, 1.82) is 0 Å². The van der Waals surface area contributed by atoms with E-state index in [2.05, 4.69) is 33.0 Å². The van der Waals surface area contributed by atoms with Crippen molar-refractivity contribution in [1.82, 2.24) is 20.9 Å². The first-order chi connectivity index (χ1) is 12.0. The molecule has 1 aliphatic carbocycles. The van der Waals surface area contributed by atoms with Crippen molar-refractivity contribution in [3.05, 3.63) is 35.4 Å². The second-order valence-electron chi connectivity index (χ2n) is 6.97. The van der Waals surface area contributed by atoms with Gasteiger partial charge in [-0.1, -0.05) is 37.1 Å². The highest BCUT2D eigenvalue weighted by Crippen LogP contribution is 2.17. The van der Waals surface area contributed by atoms with Gasteiger partial charge in [-0.15, -0.1) is 0 Å². The van der Waals surface area contributed by atoms with Gasteiger partial charge in [0.05, 0.1) is 0 Å². The summed E-state index contributed by atoms with van der Waals surface area (Å²) >= 11 is 0. The average Bonchev–Trinajstić information content (AvgIpc) is 3.05. The molecule has 6 nitrogen and oxygen atoms in total. The zero-order valence-corrected chi connectivity index (χ0v) is 15.3. The summed E-state index contributed by atoms with van der Waals surface area (Å²) in [6, 6.07) is 8.25. The lowest BCUT2D eigenvalue weighted by atomic mass is 10.1. The quantitative estimate of drug-likeness (QED) is 0.674. The van der Waals surface area contributed by atoms with E-state index >= 15 is 0 Å². The Morgan fingerprint density at radius 3 is 2.56 bits per heavy atom. The SMILES string of the molecule is CN(C)Cc1cccc(CNC(=O)NCCC(=O)NC2CCCC2)c1. The molecular formula is C19H30N4O2. The topological polar surface area (TPSA) is 73.5 Å². The van der Waals surface area contributed by atoms with Crippen molar-refractivity contribution < 1.29 is 9.59 Å². The van der Waals surface area contributed by atoms with Crippen molar-refractivity contribution in [2.24, 2.45) is 0 Å². The third-order valence-electron chi connectivity index (χ3n) is 4.30. The van der Waals surface area contributed by atoms with Crippen LogP contribution in [0.1, 0.15) is 43.2 Å². The second kappa shape index (κ2) is 10.0. The maximum Gasteiger partial charge on any atom is 0.315 e. The van der Waals surface area contributed by atoms with Crippen LogP contribution in [-0.4, -0.2) is 43.5 Å². The van der Waals surface area contributed by atoms with E-state index in [9.17, 15) is 9.59 Å². The van der Waals surface area contributed by atoms with Gasteiger partial charge in [-0.2, -0.15) is 0 Å². The smallest absolute Gasteiger partial charge is 0.315 e. The zero-order valence-electron chi connectivity index (χ0n) is 15.3. The van der Waals surface area contributed by atoms with Gasteiger partial charge in [-0.3, -0.25) is 4.79 Å². The van der Waals surface area contributed by atoms with Crippen LogP contribution in [0.5, 0.6) is 0 Å². The van der Waals surface area contributed by atoms with E-state index in [1.54, 1.807) is 0 Å². The van der Waals surface area contributed by atoms with E-state index in [1.165, 1.54) is 18.4 Å². The highest BCUT2D eigenvalue weighted by molar-refractivity contribution is 5.78. The summed E-state index contributed by atoms with van der Waals surface area (Å²) in [5.41, 5.74) is 2.28. The third-order valence-corrected chi connectivity index (χ3v) is 4.30. The zero-order chi connectivity index (χ0) is 18.1. The van der Waals surface area contributed by atoms with E-state index < -0.39 is 0 Å². The van der Waals surface area contributed by atoms with Gasteiger partial charge in [0.1, 0.15) is 0 Å². The molecular weight excluding hydrogens is 316 g/mol. The molecule has 1 saturated carbocycles. The number of amides is 3. The number of nitrogens with one attached hydrogen (secondary N) is 3. The molecule has 0 unspecified atom stereocenters. The lowest BCUT2D eigenvalue weighted by Crippen LogP contribution is -2.39. The Hall–Kier alpha value is -2.08. The summed E-state index contributed by atoms with van der Waals surface area (Å²) in [4.78, 5) is 25.7. The van der Waals surface area contributed by atoms with Crippen LogP contribution in [-0.2, 0) is 17.9 Å². The molecule has 0 heterocycles. The van der Waals surface area contributed by atoms with E-state index in [0.717, 1.165) is 24.9 Å². The number of benzene rings is 1. The fraction of sp³-hybridized carbons (Fsp3) is 0.579. The Balaban J connectivity index is 1.62. The number of urea groups is 1. The molecule has 6 heteroatoms. The van der Waals surface area contributed by atoms with Crippen LogP contribution in [0.25, 0.3) is 0 Å². The van der Waals surface area contributed by atoms with Gasteiger partial charge in [0.25, 0.3) is 0 Å². The van der Waals surface area contributed by atoms with Crippen LogP contribution in [0.15, 0.2) is 24.3 Å². The molecule has 1 aromatic rings. The molecule has 1 aliphatic rings. The molecule has 138 valence electrons. The van der Waals surface area contributed by atoms with Crippen LogP contribution in [0.4, 0.5) is 4.79 Å². The van der Waals surface area contributed by atoms with E-state index in [1.807, 2.05) is 26.2 Å². The molecule has 0 aliphatic heterocycles. The maximum absolute atomic E-state index is 11.8. The monoisotopic (exact) mass is 346 g/mol. The minimum Gasteiger partial charge on any atom is -0.353 e. The highest BCUT2D eigenvalue weighted by Gasteiger charge is 2.16. The Kier molecular flexibility index (Phi) is 7.73. The van der Waals surface area contributed by atoms with Gasteiger partial charge in [-0.25, -0.2) is 4.79 Å². The Morgan fingerprint density at radius 2 is 1.84 bits per heavy atom. The minimum absolute atomic E-state index is 0.0172. The summed E-state index contributed by atoms with van der Waals surface area (Å²) in [5.74, 6) is 0.0172. The van der Waals surface area contributed by atoms with Crippen LogP contribution >= 0.6 is 0 Å². The molecule has 0 saturated heterocycles. The lowest BCUT2D eigenvalue weighted by Gasteiger charge is -2.13. The second-order valence-corrected chi connectivity index (χ2v) is 6.97. The van der Waals surface area contributed by atoms with Crippen LogP contribution in [0.2, 0.25) is 0 Å². The number of rotatable bonds is 8. The number of hydrogen-bond donors (Lipinski definition) is 3. The normalized spacial score (nSPS) is 14.5. The van der Waals surface area contributed by atoms with Crippen molar-refractivity contribution in [2.75, 3.05) is 20.6 Å². The largest absolute Gasteiger partial charge is 0.353 e. The first kappa shape index (κ1) is 19.2. The fourth-order valence-corrected chi connectivity index (χ4v) is 3.11. The predicted molar refractivity (Wildman–Crippen MR) is 99.1 cm³/mol. The first-order valence-corrected chi connectivity index (χ1v) is 9.06. The number of carbonyl (C=O) groups is 2. The van der Waals surface area contributed by atoms with E-state index in [4.69, 9.17) is 0 Å². The summed E-state index contributed by atoms with van der Waals surface area (Å²) in [6.07, 6.45) is 4.87. The van der Waals surface area contributed by atoms with Gasteiger partial charge in [0.2, 0.25) is 5.91 Å².